The second-order valence-corrected chi connectivity index (χ2v) is 6.82. The summed E-state index contributed by atoms with van der Waals surface area (Å²) >= 11 is 0. The second kappa shape index (κ2) is 6.57. The normalized spacial score (nSPS) is 11.7. The molecule has 0 saturated heterocycles. The van der Waals surface area contributed by atoms with Gasteiger partial charge >= 0.3 is 0 Å². The van der Waals surface area contributed by atoms with Gasteiger partial charge in [0.25, 0.3) is 0 Å². The lowest BCUT2D eigenvalue weighted by molar-refractivity contribution is 0.0869. The van der Waals surface area contributed by atoms with Crippen molar-refractivity contribution in [1.29, 1.82) is 0 Å². The van der Waals surface area contributed by atoms with Crippen LogP contribution in [0.25, 0.3) is 10.9 Å². The number of aromatic nitrogens is 2. The first-order valence-electron chi connectivity index (χ1n) is 8.16. The van der Waals surface area contributed by atoms with Gasteiger partial charge in [0.1, 0.15) is 12.1 Å². The molecular weight excluding hydrogens is 298 g/mol. The van der Waals surface area contributed by atoms with Gasteiger partial charge < -0.3 is 10.0 Å². The molecule has 0 atom stereocenters. The summed E-state index contributed by atoms with van der Waals surface area (Å²) in [5.41, 5.74) is 2.44. The van der Waals surface area contributed by atoms with Crippen molar-refractivity contribution in [1.82, 2.24) is 9.97 Å². The predicted octanol–water partition coefficient (Wildman–Crippen LogP) is 3.72. The molecule has 0 bridgehead atoms. The summed E-state index contributed by atoms with van der Waals surface area (Å²) in [7, 11) is 0. The Balaban J connectivity index is 2.07. The van der Waals surface area contributed by atoms with Crippen LogP contribution in [0.2, 0.25) is 0 Å². The third-order valence-electron chi connectivity index (χ3n) is 3.94. The fourth-order valence-corrected chi connectivity index (χ4v) is 2.95. The van der Waals surface area contributed by atoms with Gasteiger partial charge in [0, 0.05) is 18.5 Å². The quantitative estimate of drug-likeness (QED) is 0.778. The number of nitrogens with zero attached hydrogens (tertiary/aromatic N) is 3. The largest absolute Gasteiger partial charge is 0.389 e. The number of hydrogen-bond acceptors (Lipinski definition) is 4. The van der Waals surface area contributed by atoms with E-state index in [9.17, 15) is 5.11 Å². The summed E-state index contributed by atoms with van der Waals surface area (Å²) < 4.78 is 0. The molecule has 0 radical (unpaired) electrons. The maximum Gasteiger partial charge on any atom is 0.140 e. The number of benzene rings is 2. The van der Waals surface area contributed by atoms with Crippen LogP contribution in [-0.4, -0.2) is 27.2 Å². The fourth-order valence-electron chi connectivity index (χ4n) is 2.95. The van der Waals surface area contributed by atoms with E-state index in [-0.39, 0.29) is 0 Å². The van der Waals surface area contributed by atoms with Crippen LogP contribution in [0, 0.1) is 6.92 Å². The third kappa shape index (κ3) is 3.71. The highest BCUT2D eigenvalue weighted by molar-refractivity contribution is 5.91. The first kappa shape index (κ1) is 16.4. The molecule has 4 nitrogen and oxygen atoms in total. The van der Waals surface area contributed by atoms with Gasteiger partial charge in [0.15, 0.2) is 0 Å². The van der Waals surface area contributed by atoms with E-state index in [1.807, 2.05) is 44.2 Å². The molecule has 0 aliphatic rings. The zero-order valence-electron chi connectivity index (χ0n) is 14.4. The van der Waals surface area contributed by atoms with Crippen LogP contribution >= 0.6 is 0 Å². The number of hydrogen-bond donors (Lipinski definition) is 1. The van der Waals surface area contributed by atoms with Gasteiger partial charge in [-0.05, 0) is 38.0 Å². The van der Waals surface area contributed by atoms with Crippen LogP contribution in [0.3, 0.4) is 0 Å². The van der Waals surface area contributed by atoms with Gasteiger partial charge in [-0.2, -0.15) is 0 Å². The molecule has 1 heterocycles. The molecule has 1 aromatic heterocycles. The predicted molar refractivity (Wildman–Crippen MR) is 98.1 cm³/mol. The first-order valence-corrected chi connectivity index (χ1v) is 8.16. The Morgan fingerprint density at radius 2 is 1.75 bits per heavy atom. The van der Waals surface area contributed by atoms with Gasteiger partial charge in [-0.25, -0.2) is 9.97 Å². The van der Waals surface area contributed by atoms with Crippen LogP contribution in [0.1, 0.15) is 25.0 Å². The Labute approximate surface area is 142 Å². The monoisotopic (exact) mass is 321 g/mol. The van der Waals surface area contributed by atoms with Crippen molar-refractivity contribution in [2.45, 2.75) is 32.9 Å². The van der Waals surface area contributed by atoms with E-state index in [1.54, 1.807) is 6.33 Å². The molecule has 0 unspecified atom stereocenters. The standard InChI is InChI=1S/C20H23N3O/c1-15-8-7-11-17-18(15)21-14-22-19(17)23(13-20(2,3)24)12-16-9-5-4-6-10-16/h4-11,14,24H,12-13H2,1-3H3. The minimum Gasteiger partial charge on any atom is -0.389 e. The maximum absolute atomic E-state index is 10.4. The summed E-state index contributed by atoms with van der Waals surface area (Å²) in [6.07, 6.45) is 1.60. The molecule has 3 aromatic rings. The second-order valence-electron chi connectivity index (χ2n) is 6.82. The smallest absolute Gasteiger partial charge is 0.140 e. The Morgan fingerprint density at radius 3 is 2.46 bits per heavy atom. The summed E-state index contributed by atoms with van der Waals surface area (Å²) in [5.74, 6) is 0.856. The van der Waals surface area contributed by atoms with Gasteiger partial charge in [-0.3, -0.25) is 0 Å². The topological polar surface area (TPSA) is 49.2 Å². The minimum atomic E-state index is -0.824. The van der Waals surface area contributed by atoms with E-state index in [4.69, 9.17) is 0 Å². The van der Waals surface area contributed by atoms with Crippen molar-refractivity contribution in [2.24, 2.45) is 0 Å². The van der Waals surface area contributed by atoms with Crippen molar-refractivity contribution in [2.75, 3.05) is 11.4 Å². The van der Waals surface area contributed by atoms with E-state index in [1.165, 1.54) is 5.56 Å². The highest BCUT2D eigenvalue weighted by Gasteiger charge is 2.21. The Bertz CT molecular complexity index is 825. The van der Waals surface area contributed by atoms with Gasteiger partial charge in [0.2, 0.25) is 0 Å². The van der Waals surface area contributed by atoms with Crippen LogP contribution in [0.5, 0.6) is 0 Å². The van der Waals surface area contributed by atoms with Crippen molar-refractivity contribution in [3.05, 3.63) is 66.0 Å². The zero-order valence-corrected chi connectivity index (χ0v) is 14.4. The molecule has 3 rings (SSSR count). The molecule has 0 spiro atoms. The summed E-state index contributed by atoms with van der Waals surface area (Å²) in [4.78, 5) is 11.1. The van der Waals surface area contributed by atoms with Crippen molar-refractivity contribution in [3.8, 4) is 0 Å². The lowest BCUT2D eigenvalue weighted by atomic mass is 10.1. The highest BCUT2D eigenvalue weighted by Crippen LogP contribution is 2.27. The Hall–Kier alpha value is -2.46. The highest BCUT2D eigenvalue weighted by atomic mass is 16.3. The molecule has 0 aliphatic carbocycles. The van der Waals surface area contributed by atoms with E-state index in [2.05, 4.69) is 40.0 Å². The summed E-state index contributed by atoms with van der Waals surface area (Å²) in [5, 5.41) is 11.4. The summed E-state index contributed by atoms with van der Waals surface area (Å²) in [6.45, 7) is 6.86. The average molecular weight is 321 g/mol. The number of rotatable bonds is 5. The molecule has 2 aromatic carbocycles. The van der Waals surface area contributed by atoms with E-state index < -0.39 is 5.60 Å². The van der Waals surface area contributed by atoms with Crippen LogP contribution in [-0.2, 0) is 6.54 Å². The molecule has 124 valence electrons. The first-order chi connectivity index (χ1) is 11.4. The molecule has 24 heavy (non-hydrogen) atoms. The maximum atomic E-state index is 10.4. The van der Waals surface area contributed by atoms with Crippen LogP contribution < -0.4 is 4.90 Å². The molecule has 0 fully saturated rings. The van der Waals surface area contributed by atoms with Crippen molar-refractivity contribution < 1.29 is 5.11 Å². The minimum absolute atomic E-state index is 0.488. The molecule has 4 heteroatoms. The molecule has 0 saturated carbocycles. The molecule has 1 N–H and O–H groups in total. The van der Waals surface area contributed by atoms with E-state index >= 15 is 0 Å². The van der Waals surface area contributed by atoms with Gasteiger partial charge in [0.05, 0.1) is 11.1 Å². The molecule has 0 aliphatic heterocycles. The molecule has 0 amide bonds. The van der Waals surface area contributed by atoms with Crippen LogP contribution in [0.15, 0.2) is 54.9 Å². The average Bonchev–Trinajstić information content (AvgIpc) is 2.54. The Kier molecular flexibility index (Phi) is 4.49. The van der Waals surface area contributed by atoms with E-state index in [0.717, 1.165) is 22.3 Å². The number of aryl methyl sites for hydroxylation is 1. The van der Waals surface area contributed by atoms with Crippen molar-refractivity contribution >= 4 is 16.7 Å². The van der Waals surface area contributed by atoms with Crippen LogP contribution in [0.4, 0.5) is 5.82 Å². The van der Waals surface area contributed by atoms with E-state index in [0.29, 0.717) is 13.1 Å². The van der Waals surface area contributed by atoms with Crippen molar-refractivity contribution in [3.63, 3.8) is 0 Å². The summed E-state index contributed by atoms with van der Waals surface area (Å²) in [6, 6.07) is 16.4. The fraction of sp³-hybridized carbons (Fsp3) is 0.300. The number of aliphatic hydroxyl groups is 1. The zero-order chi connectivity index (χ0) is 17.2. The Morgan fingerprint density at radius 1 is 1.00 bits per heavy atom. The lowest BCUT2D eigenvalue weighted by Gasteiger charge is -2.31. The molecular formula is C20H23N3O. The van der Waals surface area contributed by atoms with Gasteiger partial charge in [-0.1, -0.05) is 42.5 Å². The number of para-hydroxylation sites is 1. The SMILES string of the molecule is Cc1cccc2c(N(Cc3ccccc3)CC(C)(C)O)ncnc12. The lowest BCUT2D eigenvalue weighted by Crippen LogP contribution is -2.39. The number of anilines is 1. The third-order valence-corrected chi connectivity index (χ3v) is 3.94. The van der Waals surface area contributed by atoms with Gasteiger partial charge in [-0.15, -0.1) is 0 Å². The number of fused-ring (bicyclic) bond motifs is 1.